The van der Waals surface area contributed by atoms with Crippen LogP contribution in [0.2, 0.25) is 0 Å². The quantitative estimate of drug-likeness (QED) is 0.634. The second-order valence-electron chi connectivity index (χ2n) is 6.37. The van der Waals surface area contributed by atoms with Crippen molar-refractivity contribution in [1.82, 2.24) is 5.06 Å². The average molecular weight is 303 g/mol. The van der Waals surface area contributed by atoms with Gasteiger partial charge in [0.2, 0.25) is 0 Å². The van der Waals surface area contributed by atoms with Gasteiger partial charge in [-0.05, 0) is 38.5 Å². The van der Waals surface area contributed by atoms with Gasteiger partial charge in [0, 0.05) is 0 Å². The summed E-state index contributed by atoms with van der Waals surface area (Å²) in [6.07, 6.45) is -0.472. The molecule has 0 spiro atoms. The summed E-state index contributed by atoms with van der Waals surface area (Å²) in [6.45, 7) is 9.92. The number of hydrogen-bond donors (Lipinski definition) is 0. The second kappa shape index (κ2) is 6.32. The predicted molar refractivity (Wildman–Crippen MR) is 81.9 cm³/mol. The highest BCUT2D eigenvalue weighted by Gasteiger charge is 2.34. The first kappa shape index (κ1) is 16.2. The van der Waals surface area contributed by atoms with Crippen molar-refractivity contribution < 1.29 is 19.2 Å². The molecular formula is C17H21NO4. The fourth-order valence-electron chi connectivity index (χ4n) is 1.92. The van der Waals surface area contributed by atoms with E-state index in [4.69, 9.17) is 9.57 Å². The molecule has 1 aliphatic rings. The molecule has 1 heterocycles. The zero-order chi connectivity index (χ0) is 16.3. The van der Waals surface area contributed by atoms with Crippen molar-refractivity contribution in [1.29, 1.82) is 0 Å². The number of carbonyl (C=O) groups excluding carboxylic acids is 2. The molecule has 1 aromatic rings. The number of carbonyl (C=O) groups is 2. The highest BCUT2D eigenvalue weighted by Crippen LogP contribution is 2.22. The molecule has 1 aliphatic heterocycles. The van der Waals surface area contributed by atoms with Gasteiger partial charge in [-0.3, -0.25) is 0 Å². The van der Waals surface area contributed by atoms with Gasteiger partial charge in [0.05, 0.1) is 24.1 Å². The zero-order valence-electron chi connectivity index (χ0n) is 13.2. The van der Waals surface area contributed by atoms with E-state index in [1.807, 2.05) is 6.07 Å². The van der Waals surface area contributed by atoms with Crippen LogP contribution in [0, 0.1) is 5.41 Å². The van der Waals surface area contributed by atoms with Crippen LogP contribution in [0.3, 0.4) is 0 Å². The van der Waals surface area contributed by atoms with E-state index in [0.717, 1.165) is 0 Å². The molecule has 0 aromatic heterocycles. The van der Waals surface area contributed by atoms with Gasteiger partial charge in [0.25, 0.3) is 0 Å². The Hall–Kier alpha value is -2.14. The molecule has 0 amide bonds. The van der Waals surface area contributed by atoms with E-state index in [-0.39, 0.29) is 5.97 Å². The van der Waals surface area contributed by atoms with E-state index in [0.29, 0.717) is 24.2 Å². The number of benzene rings is 1. The van der Waals surface area contributed by atoms with Crippen LogP contribution < -0.4 is 0 Å². The van der Waals surface area contributed by atoms with Gasteiger partial charge in [-0.25, -0.2) is 9.59 Å². The molecule has 118 valence electrons. The van der Waals surface area contributed by atoms with E-state index in [1.165, 1.54) is 5.06 Å². The highest BCUT2D eigenvalue weighted by molar-refractivity contribution is 5.89. The second-order valence-corrected chi connectivity index (χ2v) is 6.37. The summed E-state index contributed by atoms with van der Waals surface area (Å²) in [5.41, 5.74) is 0.617. The van der Waals surface area contributed by atoms with Crippen molar-refractivity contribution in [2.75, 3.05) is 13.1 Å². The van der Waals surface area contributed by atoms with Gasteiger partial charge in [-0.15, -0.1) is 5.06 Å². The monoisotopic (exact) mass is 303 g/mol. The van der Waals surface area contributed by atoms with E-state index < -0.39 is 17.5 Å². The van der Waals surface area contributed by atoms with Gasteiger partial charge >= 0.3 is 11.9 Å². The molecule has 0 unspecified atom stereocenters. The Morgan fingerprint density at radius 2 is 1.86 bits per heavy atom. The molecule has 1 saturated heterocycles. The fraction of sp³-hybridized carbons (Fsp3) is 0.412. The lowest BCUT2D eigenvalue weighted by molar-refractivity contribution is -0.196. The first-order valence-corrected chi connectivity index (χ1v) is 7.18. The van der Waals surface area contributed by atoms with Crippen LogP contribution in [-0.2, 0) is 14.4 Å². The molecule has 22 heavy (non-hydrogen) atoms. The lowest BCUT2D eigenvalue weighted by Gasteiger charge is -2.21. The minimum Gasteiger partial charge on any atom is -0.453 e. The van der Waals surface area contributed by atoms with Gasteiger partial charge in [0.1, 0.15) is 6.10 Å². The maximum Gasteiger partial charge on any atom is 0.338 e. The van der Waals surface area contributed by atoms with Crippen LogP contribution in [0.15, 0.2) is 42.5 Å². The minimum atomic E-state index is -0.583. The first-order valence-electron chi connectivity index (χ1n) is 7.18. The Bertz CT molecular complexity index is 574. The maximum atomic E-state index is 12.0. The highest BCUT2D eigenvalue weighted by atomic mass is 16.7. The topological polar surface area (TPSA) is 55.8 Å². The molecular weight excluding hydrogens is 282 g/mol. The first-order chi connectivity index (χ1) is 10.3. The third-order valence-corrected chi connectivity index (χ3v) is 3.29. The summed E-state index contributed by atoms with van der Waals surface area (Å²) in [6, 6.07) is 8.77. The standard InChI is InChI=1S/C17H21NO4/c1-12-10-18(22-16(20)17(2,3)4)11-14(12)21-15(19)13-8-6-5-7-9-13/h5-9,14H,1,10-11H2,2-4H3/t14-/m1/s1. The molecule has 0 saturated carbocycles. The van der Waals surface area contributed by atoms with Crippen LogP contribution in [0.4, 0.5) is 0 Å². The zero-order valence-corrected chi connectivity index (χ0v) is 13.2. The van der Waals surface area contributed by atoms with E-state index >= 15 is 0 Å². The summed E-state index contributed by atoms with van der Waals surface area (Å²) in [5, 5.41) is 1.48. The summed E-state index contributed by atoms with van der Waals surface area (Å²) < 4.78 is 5.44. The molecule has 1 aromatic carbocycles. The number of esters is 1. The van der Waals surface area contributed by atoms with E-state index in [2.05, 4.69) is 6.58 Å². The molecule has 0 bridgehead atoms. The fourth-order valence-corrected chi connectivity index (χ4v) is 1.92. The third-order valence-electron chi connectivity index (χ3n) is 3.29. The van der Waals surface area contributed by atoms with Gasteiger partial charge in [-0.1, -0.05) is 24.8 Å². The Morgan fingerprint density at radius 1 is 1.23 bits per heavy atom. The lowest BCUT2D eigenvalue weighted by atomic mass is 9.98. The molecule has 5 heteroatoms. The number of nitrogens with zero attached hydrogens (tertiary/aromatic N) is 1. The minimum absolute atomic E-state index is 0.305. The molecule has 1 fully saturated rings. The van der Waals surface area contributed by atoms with E-state index in [1.54, 1.807) is 45.0 Å². The summed E-state index contributed by atoms with van der Waals surface area (Å²) >= 11 is 0. The summed E-state index contributed by atoms with van der Waals surface area (Å²) in [5.74, 6) is -0.730. The normalized spacial score (nSPS) is 19.0. The van der Waals surface area contributed by atoms with Crippen molar-refractivity contribution in [2.24, 2.45) is 5.41 Å². The number of ether oxygens (including phenoxy) is 1. The van der Waals surface area contributed by atoms with Crippen molar-refractivity contribution in [3.05, 3.63) is 48.0 Å². The molecule has 2 rings (SSSR count). The number of rotatable bonds is 3. The third kappa shape index (κ3) is 3.95. The smallest absolute Gasteiger partial charge is 0.338 e. The van der Waals surface area contributed by atoms with Crippen molar-refractivity contribution in [3.63, 3.8) is 0 Å². The van der Waals surface area contributed by atoms with Crippen molar-refractivity contribution in [3.8, 4) is 0 Å². The number of hydrogen-bond acceptors (Lipinski definition) is 5. The Kier molecular flexibility index (Phi) is 4.66. The lowest BCUT2D eigenvalue weighted by Crippen LogP contribution is -2.33. The van der Waals surface area contributed by atoms with Crippen LogP contribution in [0.1, 0.15) is 31.1 Å². The van der Waals surface area contributed by atoms with Crippen molar-refractivity contribution in [2.45, 2.75) is 26.9 Å². The Balaban J connectivity index is 1.93. The maximum absolute atomic E-state index is 12.0. The van der Waals surface area contributed by atoms with E-state index in [9.17, 15) is 9.59 Å². The molecule has 1 atom stereocenters. The number of hydroxylamine groups is 2. The molecule has 0 N–H and O–H groups in total. The molecule has 0 radical (unpaired) electrons. The molecule has 0 aliphatic carbocycles. The Labute approximate surface area is 130 Å². The van der Waals surface area contributed by atoms with Crippen LogP contribution in [-0.4, -0.2) is 36.2 Å². The van der Waals surface area contributed by atoms with Gasteiger partial charge < -0.3 is 9.57 Å². The summed E-state index contributed by atoms with van der Waals surface area (Å²) in [7, 11) is 0. The van der Waals surface area contributed by atoms with Crippen molar-refractivity contribution >= 4 is 11.9 Å². The largest absolute Gasteiger partial charge is 0.453 e. The molecule has 5 nitrogen and oxygen atoms in total. The van der Waals surface area contributed by atoms with Gasteiger partial charge in [-0.2, -0.15) is 0 Å². The van der Waals surface area contributed by atoms with Crippen LogP contribution in [0.25, 0.3) is 0 Å². The predicted octanol–water partition coefficient (Wildman–Crippen LogP) is 2.59. The summed E-state index contributed by atoms with van der Waals surface area (Å²) in [4.78, 5) is 29.2. The Morgan fingerprint density at radius 3 is 2.45 bits per heavy atom. The SMILES string of the molecule is C=C1CN(OC(=O)C(C)(C)C)C[C@H]1OC(=O)c1ccccc1. The average Bonchev–Trinajstić information content (AvgIpc) is 2.78. The van der Waals surface area contributed by atoms with Crippen LogP contribution in [0.5, 0.6) is 0 Å². The van der Waals surface area contributed by atoms with Gasteiger partial charge in [0.15, 0.2) is 0 Å². The van der Waals surface area contributed by atoms with Crippen LogP contribution >= 0.6 is 0 Å².